The number of nitrogens with zero attached hydrogens (tertiary/aromatic N) is 3. The molecule has 1 atom stereocenters. The van der Waals surface area contributed by atoms with Crippen molar-refractivity contribution in [3.8, 4) is 0 Å². The van der Waals surface area contributed by atoms with Crippen molar-refractivity contribution >= 4 is 11.8 Å². The van der Waals surface area contributed by atoms with Crippen LogP contribution in [-0.2, 0) is 7.05 Å². The monoisotopic (exact) mass is 270 g/mol. The van der Waals surface area contributed by atoms with Crippen molar-refractivity contribution in [2.75, 3.05) is 5.75 Å². The van der Waals surface area contributed by atoms with E-state index in [1.54, 1.807) is 11.7 Å². The maximum atomic E-state index is 13.5. The first-order chi connectivity index (χ1) is 8.58. The summed E-state index contributed by atoms with van der Waals surface area (Å²) in [6.45, 7) is 0. The maximum absolute atomic E-state index is 13.5. The van der Waals surface area contributed by atoms with Crippen LogP contribution in [0, 0.1) is 11.6 Å². The molecule has 96 valence electrons. The van der Waals surface area contributed by atoms with Gasteiger partial charge in [0, 0.05) is 30.5 Å². The summed E-state index contributed by atoms with van der Waals surface area (Å²) in [5.41, 5.74) is 6.17. The summed E-state index contributed by atoms with van der Waals surface area (Å²) < 4.78 is 27.9. The van der Waals surface area contributed by atoms with E-state index in [4.69, 9.17) is 5.73 Å². The van der Waals surface area contributed by atoms with Gasteiger partial charge >= 0.3 is 0 Å². The smallest absolute Gasteiger partial charge is 0.185 e. The van der Waals surface area contributed by atoms with Gasteiger partial charge in [0.1, 0.15) is 18.0 Å². The van der Waals surface area contributed by atoms with E-state index in [9.17, 15) is 8.78 Å². The van der Waals surface area contributed by atoms with Gasteiger partial charge in [-0.2, -0.15) is 5.10 Å². The SMILES string of the molecule is Cn1ncnc1SCC(N)c1ccc(F)cc1F. The van der Waals surface area contributed by atoms with Gasteiger partial charge < -0.3 is 5.73 Å². The molecule has 2 N–H and O–H groups in total. The van der Waals surface area contributed by atoms with Gasteiger partial charge in [0.05, 0.1) is 0 Å². The average Bonchev–Trinajstić information content (AvgIpc) is 2.72. The number of thioether (sulfide) groups is 1. The highest BCUT2D eigenvalue weighted by Crippen LogP contribution is 2.23. The van der Waals surface area contributed by atoms with Gasteiger partial charge in [-0.15, -0.1) is 0 Å². The standard InChI is InChI=1S/C11H12F2N4S/c1-17-11(15-6-16-17)18-5-10(14)8-3-2-7(12)4-9(8)13/h2-4,6,10H,5,14H2,1H3. The highest BCUT2D eigenvalue weighted by molar-refractivity contribution is 7.99. The molecule has 0 bridgehead atoms. The number of nitrogens with two attached hydrogens (primary N) is 1. The fourth-order valence-electron chi connectivity index (χ4n) is 1.47. The Morgan fingerprint density at radius 1 is 1.44 bits per heavy atom. The number of hydrogen-bond donors (Lipinski definition) is 1. The first-order valence-electron chi connectivity index (χ1n) is 5.25. The summed E-state index contributed by atoms with van der Waals surface area (Å²) in [5.74, 6) is -0.791. The minimum atomic E-state index is -0.624. The largest absolute Gasteiger partial charge is 0.323 e. The molecule has 1 unspecified atom stereocenters. The molecule has 0 spiro atoms. The lowest BCUT2D eigenvalue weighted by atomic mass is 10.1. The molecule has 0 saturated carbocycles. The Balaban J connectivity index is 2.03. The number of benzene rings is 1. The molecule has 18 heavy (non-hydrogen) atoms. The number of aromatic nitrogens is 3. The molecule has 0 aliphatic heterocycles. The van der Waals surface area contributed by atoms with Crippen LogP contribution in [0.4, 0.5) is 8.78 Å². The molecule has 0 radical (unpaired) electrons. The first kappa shape index (κ1) is 13.0. The minimum Gasteiger partial charge on any atom is -0.323 e. The first-order valence-corrected chi connectivity index (χ1v) is 6.24. The predicted molar refractivity (Wildman–Crippen MR) is 65.0 cm³/mol. The van der Waals surface area contributed by atoms with Gasteiger partial charge in [-0.1, -0.05) is 17.8 Å². The van der Waals surface area contributed by atoms with Crippen LogP contribution in [0.5, 0.6) is 0 Å². The van der Waals surface area contributed by atoms with Crippen LogP contribution in [-0.4, -0.2) is 20.5 Å². The van der Waals surface area contributed by atoms with Crippen molar-refractivity contribution in [1.82, 2.24) is 14.8 Å². The van der Waals surface area contributed by atoms with Crippen LogP contribution in [0.2, 0.25) is 0 Å². The van der Waals surface area contributed by atoms with Crippen molar-refractivity contribution in [2.45, 2.75) is 11.2 Å². The number of aryl methyl sites for hydroxylation is 1. The minimum absolute atomic E-state index is 0.297. The Bertz CT molecular complexity index is 544. The molecule has 0 fully saturated rings. The van der Waals surface area contributed by atoms with E-state index in [0.29, 0.717) is 16.5 Å². The molecular formula is C11H12F2N4S. The molecule has 0 aliphatic carbocycles. The van der Waals surface area contributed by atoms with Crippen LogP contribution in [0.15, 0.2) is 29.7 Å². The second-order valence-corrected chi connectivity index (χ2v) is 4.74. The van der Waals surface area contributed by atoms with Gasteiger partial charge in [-0.3, -0.25) is 0 Å². The van der Waals surface area contributed by atoms with E-state index in [-0.39, 0.29) is 0 Å². The fourth-order valence-corrected chi connectivity index (χ4v) is 2.34. The van der Waals surface area contributed by atoms with E-state index >= 15 is 0 Å². The van der Waals surface area contributed by atoms with Gasteiger partial charge in [0.15, 0.2) is 5.16 Å². The zero-order valence-corrected chi connectivity index (χ0v) is 10.5. The van der Waals surface area contributed by atoms with Crippen LogP contribution in [0.25, 0.3) is 0 Å². The summed E-state index contributed by atoms with van der Waals surface area (Å²) in [7, 11) is 1.76. The molecule has 2 rings (SSSR count). The Morgan fingerprint density at radius 2 is 2.22 bits per heavy atom. The summed E-state index contributed by atoms with van der Waals surface area (Å²) in [6, 6.07) is 2.88. The predicted octanol–water partition coefficient (Wildman–Crippen LogP) is 1.89. The molecule has 0 amide bonds. The summed E-state index contributed by atoms with van der Waals surface area (Å²) >= 11 is 1.37. The molecular weight excluding hydrogens is 258 g/mol. The second-order valence-electron chi connectivity index (χ2n) is 3.75. The van der Waals surface area contributed by atoms with Crippen LogP contribution in [0.3, 0.4) is 0 Å². The molecule has 0 aliphatic rings. The highest BCUT2D eigenvalue weighted by Gasteiger charge is 2.13. The third-order valence-corrected chi connectivity index (χ3v) is 3.58. The Labute approximate surface area is 107 Å². The van der Waals surface area contributed by atoms with Crippen LogP contribution < -0.4 is 5.73 Å². The quantitative estimate of drug-likeness (QED) is 0.862. The second kappa shape index (κ2) is 5.45. The maximum Gasteiger partial charge on any atom is 0.185 e. The molecule has 4 nitrogen and oxygen atoms in total. The lowest BCUT2D eigenvalue weighted by molar-refractivity contribution is 0.563. The lowest BCUT2D eigenvalue weighted by Crippen LogP contribution is -2.15. The molecule has 1 aromatic heterocycles. The van der Waals surface area contributed by atoms with Crippen molar-refractivity contribution in [3.05, 3.63) is 41.7 Å². The van der Waals surface area contributed by atoms with Gasteiger partial charge in [-0.25, -0.2) is 18.4 Å². The Morgan fingerprint density at radius 3 is 2.83 bits per heavy atom. The highest BCUT2D eigenvalue weighted by atomic mass is 32.2. The van der Waals surface area contributed by atoms with Gasteiger partial charge in [0.25, 0.3) is 0 Å². The van der Waals surface area contributed by atoms with E-state index in [0.717, 1.165) is 6.07 Å². The Hall–Kier alpha value is -1.47. The third-order valence-electron chi connectivity index (χ3n) is 2.42. The van der Waals surface area contributed by atoms with E-state index in [1.807, 2.05) is 0 Å². The summed E-state index contributed by atoms with van der Waals surface area (Å²) in [4.78, 5) is 4.02. The summed E-state index contributed by atoms with van der Waals surface area (Å²) in [5, 5.41) is 4.62. The third kappa shape index (κ3) is 2.85. The zero-order chi connectivity index (χ0) is 13.1. The molecule has 0 saturated heterocycles. The van der Waals surface area contributed by atoms with Crippen molar-refractivity contribution in [1.29, 1.82) is 0 Å². The molecule has 1 heterocycles. The molecule has 1 aromatic carbocycles. The van der Waals surface area contributed by atoms with Crippen molar-refractivity contribution in [3.63, 3.8) is 0 Å². The fraction of sp³-hybridized carbons (Fsp3) is 0.273. The molecule has 7 heteroatoms. The number of hydrogen-bond acceptors (Lipinski definition) is 4. The Kier molecular flexibility index (Phi) is 3.93. The lowest BCUT2D eigenvalue weighted by Gasteiger charge is -2.12. The average molecular weight is 270 g/mol. The van der Waals surface area contributed by atoms with E-state index in [1.165, 1.54) is 30.2 Å². The topological polar surface area (TPSA) is 56.7 Å². The van der Waals surface area contributed by atoms with Crippen LogP contribution in [0.1, 0.15) is 11.6 Å². The summed E-state index contributed by atoms with van der Waals surface area (Å²) in [6.07, 6.45) is 1.44. The van der Waals surface area contributed by atoms with E-state index in [2.05, 4.69) is 10.1 Å². The zero-order valence-electron chi connectivity index (χ0n) is 9.68. The molecule has 2 aromatic rings. The van der Waals surface area contributed by atoms with Crippen molar-refractivity contribution < 1.29 is 8.78 Å². The van der Waals surface area contributed by atoms with Gasteiger partial charge in [-0.05, 0) is 6.07 Å². The van der Waals surface area contributed by atoms with Gasteiger partial charge in [0.2, 0.25) is 0 Å². The number of halogens is 2. The van der Waals surface area contributed by atoms with Crippen molar-refractivity contribution in [2.24, 2.45) is 12.8 Å². The normalized spacial score (nSPS) is 12.7. The van der Waals surface area contributed by atoms with Crippen LogP contribution >= 0.6 is 11.8 Å². The number of rotatable bonds is 4. The van der Waals surface area contributed by atoms with E-state index < -0.39 is 17.7 Å².